The average Bonchev–Trinajstić information content (AvgIpc) is 4.03. The van der Waals surface area contributed by atoms with Crippen molar-refractivity contribution in [1.29, 1.82) is 0 Å². The third kappa shape index (κ3) is 9.65. The summed E-state index contributed by atoms with van der Waals surface area (Å²) < 4.78 is 44.9. The number of para-hydroxylation sites is 4. The van der Waals surface area contributed by atoms with Crippen LogP contribution in [0.2, 0.25) is 0 Å². The molecule has 10 aromatic rings. The topological polar surface area (TPSA) is 57.5 Å². The molecule has 0 saturated carbocycles. The second kappa shape index (κ2) is 18.8. The maximum atomic E-state index is 12.2. The first-order valence-electron chi connectivity index (χ1n) is 19.5. The van der Waals surface area contributed by atoms with Crippen LogP contribution in [-0.2, 0) is 26.3 Å². The second-order valence-electron chi connectivity index (χ2n) is 14.5. The van der Waals surface area contributed by atoms with E-state index in [4.69, 9.17) is 0 Å². The molecule has 0 amide bonds. The van der Waals surface area contributed by atoms with E-state index in [0.29, 0.717) is 5.69 Å². The van der Waals surface area contributed by atoms with Crippen molar-refractivity contribution >= 4 is 22.1 Å². The molecule has 0 aliphatic carbocycles. The molecule has 0 saturated heterocycles. The Morgan fingerprint density at radius 1 is 0.548 bits per heavy atom. The number of rotatable bonds is 5. The van der Waals surface area contributed by atoms with Crippen LogP contribution in [-0.4, -0.2) is 19.2 Å². The van der Waals surface area contributed by atoms with Crippen molar-refractivity contribution in [2.45, 2.75) is 33.9 Å². The van der Waals surface area contributed by atoms with Crippen LogP contribution >= 0.6 is 0 Å². The number of benzene rings is 6. The van der Waals surface area contributed by atoms with Crippen LogP contribution < -0.4 is 14.2 Å². The van der Waals surface area contributed by atoms with Gasteiger partial charge in [-0.05, 0) is 67.7 Å². The third-order valence-electron chi connectivity index (χ3n) is 9.85. The molecular formula is C51H39F3IrN7-3. The molecule has 11 heteroatoms. The fraction of sp³-hybridized carbons (Fsp3) is 0.0980. The summed E-state index contributed by atoms with van der Waals surface area (Å²) in [7, 11) is 0. The normalized spacial score (nSPS) is 11.0. The summed E-state index contributed by atoms with van der Waals surface area (Å²) in [5, 5.41) is 6.47. The van der Waals surface area contributed by atoms with Gasteiger partial charge in [0.05, 0.1) is 33.4 Å². The minimum absolute atomic E-state index is 0. The second-order valence-corrected chi connectivity index (χ2v) is 14.5. The number of fused-ring (bicyclic) bond motifs is 2. The molecule has 0 aliphatic rings. The molecule has 311 valence electrons. The molecule has 0 bridgehead atoms. The predicted molar refractivity (Wildman–Crippen MR) is 230 cm³/mol. The molecular weight excluding hydrogens is 960 g/mol. The summed E-state index contributed by atoms with van der Waals surface area (Å²) in [6.45, 7) is 8.35. The van der Waals surface area contributed by atoms with Gasteiger partial charge in [-0.3, -0.25) is 14.1 Å². The van der Waals surface area contributed by atoms with Gasteiger partial charge >= 0.3 is 6.18 Å². The predicted octanol–water partition coefficient (Wildman–Crippen LogP) is 10.4. The molecule has 0 N–H and O–H groups in total. The van der Waals surface area contributed by atoms with Crippen LogP contribution in [0.1, 0.15) is 27.9 Å². The van der Waals surface area contributed by atoms with Crippen molar-refractivity contribution in [1.82, 2.24) is 24.3 Å². The fourth-order valence-electron chi connectivity index (χ4n) is 6.59. The average molecular weight is 999 g/mol. The molecule has 0 spiro atoms. The molecule has 6 aromatic carbocycles. The van der Waals surface area contributed by atoms with Crippen LogP contribution in [0.15, 0.2) is 164 Å². The number of hydrogen-bond acceptors (Lipinski definition) is 2. The first-order valence-corrected chi connectivity index (χ1v) is 19.5. The van der Waals surface area contributed by atoms with Gasteiger partial charge in [-0.15, -0.1) is 0 Å². The van der Waals surface area contributed by atoms with E-state index in [-0.39, 0.29) is 25.8 Å². The molecule has 7 nitrogen and oxygen atoms in total. The van der Waals surface area contributed by atoms with Gasteiger partial charge in [-0.1, -0.05) is 110 Å². The molecule has 10 rings (SSSR count). The molecule has 62 heavy (non-hydrogen) atoms. The van der Waals surface area contributed by atoms with E-state index in [1.807, 2.05) is 12.1 Å². The zero-order valence-corrected chi connectivity index (χ0v) is 36.6. The Hall–Kier alpha value is -6.94. The number of pyridine rings is 1. The van der Waals surface area contributed by atoms with Gasteiger partial charge in [0.1, 0.15) is 5.69 Å². The quantitative estimate of drug-likeness (QED) is 0.128. The van der Waals surface area contributed by atoms with Crippen molar-refractivity contribution in [3.63, 3.8) is 0 Å². The molecule has 0 aliphatic heterocycles. The molecule has 0 atom stereocenters. The Kier molecular flexibility index (Phi) is 13.1. The van der Waals surface area contributed by atoms with Crippen LogP contribution in [0.4, 0.5) is 13.2 Å². The Morgan fingerprint density at radius 3 is 1.40 bits per heavy atom. The minimum atomic E-state index is -4.46. The van der Waals surface area contributed by atoms with Gasteiger partial charge in [0, 0.05) is 32.0 Å². The van der Waals surface area contributed by atoms with Gasteiger partial charge in [-0.25, -0.2) is 0 Å². The first-order chi connectivity index (χ1) is 29.5. The van der Waals surface area contributed by atoms with Gasteiger partial charge in [0.25, 0.3) is 12.7 Å². The maximum absolute atomic E-state index is 12.2. The Balaban J connectivity index is 0.000000142. The largest absolute Gasteiger partial charge is 0.573 e. The standard InChI is InChI=1S/2C21H17N2.C9H5F3N3.Ir/c2*1-16-7-11-18(12-8-16)22-15-23(19-13-9-17(2)10-14-19)21-6-4-3-5-20(21)22;10-9(11,12)8-5-7(14-15-8)6-3-1-2-4-13-6;/h2*3-13H,1-2H3;1-5H;/q3*-1;. The molecule has 1 radical (unpaired) electrons. The third-order valence-corrected chi connectivity index (χ3v) is 9.85. The molecule has 0 fully saturated rings. The van der Waals surface area contributed by atoms with Crippen molar-refractivity contribution in [2.75, 3.05) is 0 Å². The van der Waals surface area contributed by atoms with Crippen LogP contribution in [0.3, 0.4) is 0 Å². The van der Waals surface area contributed by atoms with E-state index in [0.717, 1.165) is 50.9 Å². The van der Waals surface area contributed by atoms with Gasteiger partial charge < -0.3 is 19.3 Å². The zero-order valence-electron chi connectivity index (χ0n) is 34.2. The monoisotopic (exact) mass is 999 g/mol. The van der Waals surface area contributed by atoms with Gasteiger partial charge in [0.15, 0.2) is 0 Å². The molecule has 4 heterocycles. The van der Waals surface area contributed by atoms with Crippen LogP contribution in [0, 0.1) is 52.5 Å². The number of aryl methyl sites for hydroxylation is 4. The van der Waals surface area contributed by atoms with E-state index in [9.17, 15) is 13.2 Å². The number of nitrogens with zero attached hydrogens (tertiary/aromatic N) is 7. The fourth-order valence-corrected chi connectivity index (χ4v) is 6.59. The summed E-state index contributed by atoms with van der Waals surface area (Å²) in [4.78, 5) is 3.87. The smallest absolute Gasteiger partial charge is 0.431 e. The van der Waals surface area contributed by atoms with Crippen molar-refractivity contribution < 1.29 is 42.4 Å². The zero-order chi connectivity index (χ0) is 42.5. The number of alkyl halides is 3. The summed E-state index contributed by atoms with van der Waals surface area (Å²) in [6, 6.07) is 58.6. The number of imidazole rings is 2. The summed E-state index contributed by atoms with van der Waals surface area (Å²) in [5.74, 6) is 0. The minimum Gasteiger partial charge on any atom is -0.573 e. The Bertz CT molecular complexity index is 2700. The number of hydrogen-bond donors (Lipinski definition) is 0. The van der Waals surface area contributed by atoms with Gasteiger partial charge in [0.2, 0.25) is 0 Å². The van der Waals surface area contributed by atoms with E-state index in [1.54, 1.807) is 18.2 Å². The van der Waals surface area contributed by atoms with E-state index >= 15 is 0 Å². The number of halogens is 3. The number of aromatic nitrogens is 7. The first kappa shape index (κ1) is 43.2. The Morgan fingerprint density at radius 2 is 1.00 bits per heavy atom. The molecule has 0 unspecified atom stereocenters. The SMILES string of the molecule is Cc1c[c-]c(-n2[c-][n+](-c3ccc(C)cc3)c3ccccc32)cc1.Cc1c[c-]c(-n2[c-][n+](-c3ccc(C)cc3)c3ccccc32)cc1.FC(F)(F)c1cc(-c2ccccn2)[n-]n1.[Ir]. The van der Waals surface area contributed by atoms with Crippen LogP contribution in [0.5, 0.6) is 0 Å². The summed E-state index contributed by atoms with van der Waals surface area (Å²) >= 11 is 0. The maximum Gasteiger partial charge on any atom is 0.431 e. The van der Waals surface area contributed by atoms with Gasteiger partial charge in [-0.2, -0.15) is 72.8 Å². The summed E-state index contributed by atoms with van der Waals surface area (Å²) in [6.07, 6.45) is 3.95. The van der Waals surface area contributed by atoms with Crippen molar-refractivity contribution in [3.05, 3.63) is 217 Å². The van der Waals surface area contributed by atoms with E-state index in [2.05, 4.69) is 207 Å². The molecule has 4 aromatic heterocycles. The van der Waals surface area contributed by atoms with Crippen molar-refractivity contribution in [3.8, 4) is 34.1 Å². The van der Waals surface area contributed by atoms with E-state index in [1.165, 1.54) is 28.5 Å². The van der Waals surface area contributed by atoms with E-state index < -0.39 is 11.9 Å². The summed E-state index contributed by atoms with van der Waals surface area (Å²) in [5.41, 5.74) is 13.1. The Labute approximate surface area is 371 Å². The van der Waals surface area contributed by atoms with Crippen molar-refractivity contribution in [2.24, 2.45) is 0 Å². The van der Waals surface area contributed by atoms with Crippen LogP contribution in [0.25, 0.3) is 56.2 Å².